The quantitative estimate of drug-likeness (QED) is 0.323. The molecule has 1 amide bonds. The van der Waals surface area contributed by atoms with Crippen molar-refractivity contribution < 1.29 is 26.9 Å². The van der Waals surface area contributed by atoms with Crippen molar-refractivity contribution in [2.24, 2.45) is 0 Å². The highest BCUT2D eigenvalue weighted by molar-refractivity contribution is 7.89. The van der Waals surface area contributed by atoms with Crippen LogP contribution in [0, 0.1) is 21.7 Å². The fraction of sp³-hybridized carbons (Fsp3) is 0.188. The van der Waals surface area contributed by atoms with Crippen molar-refractivity contribution >= 4 is 27.3 Å². The number of carbonyl (C=O) groups excluding carboxylic acids is 1. The molecule has 0 radical (unpaired) electrons. The molecule has 3 N–H and O–H groups in total. The first-order valence-corrected chi connectivity index (χ1v) is 9.38. The topological polar surface area (TPSA) is 130 Å². The van der Waals surface area contributed by atoms with Crippen molar-refractivity contribution in [1.29, 1.82) is 0 Å². The lowest BCUT2D eigenvalue weighted by molar-refractivity contribution is -0.384. The lowest BCUT2D eigenvalue weighted by Crippen LogP contribution is -2.39. The molecule has 9 nitrogen and oxygen atoms in total. The minimum absolute atomic E-state index is 0.0284. The number of amides is 1. The number of para-hydroxylation sites is 2. The Hall–Kier alpha value is -3.12. The Labute approximate surface area is 159 Å². The van der Waals surface area contributed by atoms with Crippen LogP contribution in [0.3, 0.4) is 0 Å². The molecule has 2 rings (SSSR count). The van der Waals surface area contributed by atoms with Gasteiger partial charge in [-0.1, -0.05) is 18.2 Å². The third-order valence-corrected chi connectivity index (χ3v) is 4.93. The van der Waals surface area contributed by atoms with Crippen LogP contribution in [0.15, 0.2) is 47.4 Å². The van der Waals surface area contributed by atoms with Gasteiger partial charge in [0.25, 0.3) is 5.69 Å². The van der Waals surface area contributed by atoms with Crippen LogP contribution in [-0.4, -0.2) is 38.9 Å². The number of nitrogens with one attached hydrogen (secondary N) is 3. The Balaban J connectivity index is 1.83. The Morgan fingerprint density at radius 1 is 1.04 bits per heavy atom. The molecule has 0 fully saturated rings. The SMILES string of the molecule is O=C(CNS(=O)(=O)c1c(F)cccc1F)NCCNc1ccccc1[N+](=O)[O-]. The molecule has 0 saturated heterocycles. The van der Waals surface area contributed by atoms with Gasteiger partial charge in [-0.3, -0.25) is 14.9 Å². The minimum atomic E-state index is -4.56. The molecule has 0 aliphatic heterocycles. The lowest BCUT2D eigenvalue weighted by atomic mass is 10.2. The number of nitrogens with zero attached hydrogens (tertiary/aromatic N) is 1. The summed E-state index contributed by atoms with van der Waals surface area (Å²) in [5.41, 5.74) is 0.131. The zero-order valence-electron chi connectivity index (χ0n) is 14.3. The minimum Gasteiger partial charge on any atom is -0.378 e. The molecule has 0 bridgehead atoms. The van der Waals surface area contributed by atoms with Crippen LogP contribution >= 0.6 is 0 Å². The molecule has 0 aromatic heterocycles. The van der Waals surface area contributed by atoms with E-state index in [-0.39, 0.29) is 24.5 Å². The molecule has 0 atom stereocenters. The number of rotatable bonds is 9. The van der Waals surface area contributed by atoms with Crippen LogP contribution in [0.2, 0.25) is 0 Å². The number of nitro groups is 1. The van der Waals surface area contributed by atoms with E-state index >= 15 is 0 Å². The van der Waals surface area contributed by atoms with Crippen LogP contribution in [0.5, 0.6) is 0 Å². The van der Waals surface area contributed by atoms with Crippen LogP contribution in [0.25, 0.3) is 0 Å². The zero-order chi connectivity index (χ0) is 20.7. The Morgan fingerprint density at radius 3 is 2.32 bits per heavy atom. The second-order valence-electron chi connectivity index (χ2n) is 5.43. The summed E-state index contributed by atoms with van der Waals surface area (Å²) in [5.74, 6) is -3.30. The van der Waals surface area contributed by atoms with Gasteiger partial charge in [-0.15, -0.1) is 0 Å². The summed E-state index contributed by atoms with van der Waals surface area (Å²) >= 11 is 0. The highest BCUT2D eigenvalue weighted by atomic mass is 32.2. The van der Waals surface area contributed by atoms with Crippen molar-refractivity contribution in [2.75, 3.05) is 25.0 Å². The number of hydrogen-bond acceptors (Lipinski definition) is 6. The summed E-state index contributed by atoms with van der Waals surface area (Å²) in [6, 6.07) is 8.51. The summed E-state index contributed by atoms with van der Waals surface area (Å²) in [4.78, 5) is 20.9. The van der Waals surface area contributed by atoms with Crippen molar-refractivity contribution in [3.05, 3.63) is 64.2 Å². The normalized spacial score (nSPS) is 11.1. The fourth-order valence-corrected chi connectivity index (χ4v) is 3.33. The first-order chi connectivity index (χ1) is 13.2. The molecule has 2 aromatic carbocycles. The maximum absolute atomic E-state index is 13.6. The number of benzene rings is 2. The van der Waals surface area contributed by atoms with Gasteiger partial charge in [0.2, 0.25) is 15.9 Å². The highest BCUT2D eigenvalue weighted by Crippen LogP contribution is 2.22. The Morgan fingerprint density at radius 2 is 1.68 bits per heavy atom. The summed E-state index contributed by atoms with van der Waals surface area (Å²) in [7, 11) is -4.56. The highest BCUT2D eigenvalue weighted by Gasteiger charge is 2.24. The largest absolute Gasteiger partial charge is 0.378 e. The average Bonchev–Trinajstić information content (AvgIpc) is 2.63. The predicted octanol–water partition coefficient (Wildman–Crippen LogP) is 1.38. The number of carbonyl (C=O) groups is 1. The van der Waals surface area contributed by atoms with Gasteiger partial charge in [-0.2, -0.15) is 0 Å². The van der Waals surface area contributed by atoms with E-state index in [0.29, 0.717) is 0 Å². The van der Waals surface area contributed by atoms with Crippen LogP contribution in [0.4, 0.5) is 20.2 Å². The van der Waals surface area contributed by atoms with Crippen molar-refractivity contribution in [3.63, 3.8) is 0 Å². The standard InChI is InChI=1S/C16H16F2N4O5S/c17-11-4-3-5-12(18)16(11)28(26,27)21-10-15(23)20-9-8-19-13-6-1-2-7-14(13)22(24)25/h1-7,19,21H,8-10H2,(H,20,23). The van der Waals surface area contributed by atoms with E-state index in [4.69, 9.17) is 0 Å². The van der Waals surface area contributed by atoms with E-state index in [9.17, 15) is 32.1 Å². The van der Waals surface area contributed by atoms with Crippen LogP contribution < -0.4 is 15.4 Å². The molecular weight excluding hydrogens is 398 g/mol. The predicted molar refractivity (Wildman–Crippen MR) is 96.1 cm³/mol. The summed E-state index contributed by atoms with van der Waals surface area (Å²) < 4.78 is 52.8. The molecule has 150 valence electrons. The summed E-state index contributed by atoms with van der Waals surface area (Å²) in [6.07, 6.45) is 0. The Kier molecular flexibility index (Phi) is 6.95. The number of halogens is 2. The Bertz CT molecular complexity index is 964. The van der Waals surface area contributed by atoms with E-state index in [0.717, 1.165) is 18.2 Å². The van der Waals surface area contributed by atoms with Crippen molar-refractivity contribution in [1.82, 2.24) is 10.0 Å². The summed E-state index contributed by atoms with van der Waals surface area (Å²) in [6.45, 7) is -0.576. The number of hydrogen-bond donors (Lipinski definition) is 3. The molecule has 28 heavy (non-hydrogen) atoms. The maximum Gasteiger partial charge on any atom is 0.292 e. The summed E-state index contributed by atoms with van der Waals surface area (Å²) in [5, 5.41) is 16.0. The third kappa shape index (κ3) is 5.44. The van der Waals surface area contributed by atoms with Crippen molar-refractivity contribution in [2.45, 2.75) is 4.90 Å². The molecule has 0 aliphatic rings. The van der Waals surface area contributed by atoms with Gasteiger partial charge in [0, 0.05) is 19.2 Å². The van der Waals surface area contributed by atoms with Gasteiger partial charge in [0.05, 0.1) is 11.5 Å². The van der Waals surface area contributed by atoms with Gasteiger partial charge in [-0.25, -0.2) is 21.9 Å². The van der Waals surface area contributed by atoms with E-state index in [2.05, 4.69) is 10.6 Å². The zero-order valence-corrected chi connectivity index (χ0v) is 15.1. The fourth-order valence-electron chi connectivity index (χ4n) is 2.22. The van der Waals surface area contributed by atoms with Gasteiger partial charge in [-0.05, 0) is 18.2 Å². The molecule has 0 unspecified atom stereocenters. The van der Waals surface area contributed by atoms with Gasteiger partial charge in [0.15, 0.2) is 4.90 Å². The van der Waals surface area contributed by atoms with E-state index in [1.54, 1.807) is 6.07 Å². The van der Waals surface area contributed by atoms with E-state index in [1.807, 2.05) is 4.72 Å². The first kappa shape index (κ1) is 21.2. The smallest absolute Gasteiger partial charge is 0.292 e. The molecule has 0 aliphatic carbocycles. The molecule has 2 aromatic rings. The number of sulfonamides is 1. The van der Waals surface area contributed by atoms with Gasteiger partial charge in [0.1, 0.15) is 17.3 Å². The monoisotopic (exact) mass is 414 g/mol. The number of anilines is 1. The number of nitro benzene ring substituents is 1. The third-order valence-electron chi connectivity index (χ3n) is 3.47. The van der Waals surface area contributed by atoms with Gasteiger partial charge < -0.3 is 10.6 Å². The van der Waals surface area contributed by atoms with Crippen molar-refractivity contribution in [3.8, 4) is 0 Å². The second-order valence-corrected chi connectivity index (χ2v) is 7.13. The molecule has 12 heteroatoms. The maximum atomic E-state index is 13.6. The van der Waals surface area contributed by atoms with Crippen LogP contribution in [0.1, 0.15) is 0 Å². The lowest BCUT2D eigenvalue weighted by Gasteiger charge is -2.10. The van der Waals surface area contributed by atoms with E-state index < -0.39 is 43.9 Å². The van der Waals surface area contributed by atoms with Gasteiger partial charge >= 0.3 is 0 Å². The first-order valence-electron chi connectivity index (χ1n) is 7.90. The second kappa shape index (κ2) is 9.19. The average molecular weight is 414 g/mol. The van der Waals surface area contributed by atoms with E-state index in [1.165, 1.54) is 18.2 Å². The molecule has 0 heterocycles. The molecule has 0 saturated carbocycles. The molecule has 0 spiro atoms. The van der Waals surface area contributed by atoms with Crippen LogP contribution in [-0.2, 0) is 14.8 Å². The molecular formula is C16H16F2N4O5S.